The Kier molecular flexibility index (Phi) is 8.82. The lowest BCUT2D eigenvalue weighted by atomic mass is 10.1. The summed E-state index contributed by atoms with van der Waals surface area (Å²) in [5.74, 6) is -2.30. The van der Waals surface area contributed by atoms with Gasteiger partial charge in [0.15, 0.2) is 0 Å². The van der Waals surface area contributed by atoms with Crippen LogP contribution in [0.15, 0.2) is 49.1 Å². The van der Waals surface area contributed by atoms with Crippen molar-refractivity contribution in [2.75, 3.05) is 5.73 Å². The van der Waals surface area contributed by atoms with Gasteiger partial charge in [-0.3, -0.25) is 25.0 Å². The van der Waals surface area contributed by atoms with Crippen LogP contribution in [0.2, 0.25) is 0 Å². The van der Waals surface area contributed by atoms with E-state index >= 15 is 0 Å². The van der Waals surface area contributed by atoms with Crippen LogP contribution in [0.25, 0.3) is 0 Å². The van der Waals surface area contributed by atoms with Gasteiger partial charge in [-0.2, -0.15) is 0 Å². The summed E-state index contributed by atoms with van der Waals surface area (Å²) >= 11 is 0. The molecule has 0 fully saturated rings. The molecule has 11 heteroatoms. The molecule has 0 unspecified atom stereocenters. The van der Waals surface area contributed by atoms with Crippen molar-refractivity contribution < 1.29 is 24.5 Å². The minimum atomic E-state index is -1.33. The predicted molar refractivity (Wildman–Crippen MR) is 114 cm³/mol. The number of carbonyl (C=O) groups is 2. The van der Waals surface area contributed by atoms with Crippen LogP contribution < -0.4 is 11.1 Å². The molecule has 164 valence electrons. The molecule has 0 saturated heterocycles. The lowest BCUT2D eigenvalue weighted by molar-refractivity contribution is -0.394. The monoisotopic (exact) mass is 430 g/mol. The number of carbonyl (C=O) groups excluding carboxylic acids is 1. The molecule has 0 spiro atoms. The molecule has 2 aromatic rings. The topological polar surface area (TPSA) is 179 Å². The molecule has 31 heavy (non-hydrogen) atoms. The maximum atomic E-state index is 11.9. The highest BCUT2D eigenvalue weighted by Gasteiger charge is 2.23. The first-order valence-corrected chi connectivity index (χ1v) is 8.88. The fourth-order valence-electron chi connectivity index (χ4n) is 2.39. The number of anilines is 1. The van der Waals surface area contributed by atoms with E-state index in [4.69, 9.17) is 10.8 Å². The molecule has 1 amide bonds. The Balaban J connectivity index is 0.000000442. The van der Waals surface area contributed by atoms with Gasteiger partial charge < -0.3 is 16.2 Å². The van der Waals surface area contributed by atoms with Crippen molar-refractivity contribution in [3.63, 3.8) is 0 Å². The van der Waals surface area contributed by atoms with Gasteiger partial charge in [0.05, 0.1) is 21.5 Å². The van der Waals surface area contributed by atoms with E-state index in [1.807, 2.05) is 32.0 Å². The van der Waals surface area contributed by atoms with Crippen molar-refractivity contribution in [1.82, 2.24) is 5.32 Å². The van der Waals surface area contributed by atoms with Crippen molar-refractivity contribution in [2.45, 2.75) is 26.3 Å². The average molecular weight is 430 g/mol. The number of nitrogens with two attached hydrogens (primary N) is 1. The van der Waals surface area contributed by atoms with Crippen LogP contribution in [0.3, 0.4) is 0 Å². The van der Waals surface area contributed by atoms with Crippen LogP contribution in [0.5, 0.6) is 0 Å². The highest BCUT2D eigenvalue weighted by molar-refractivity contribution is 5.97. The summed E-state index contributed by atoms with van der Waals surface area (Å²) < 4.78 is 0. The number of amides is 1. The van der Waals surface area contributed by atoms with E-state index in [1.54, 1.807) is 0 Å². The maximum absolute atomic E-state index is 11.9. The lowest BCUT2D eigenvalue weighted by Gasteiger charge is -2.12. The number of para-hydroxylation sites is 1. The molecule has 0 aromatic heterocycles. The number of carboxylic acids is 1. The van der Waals surface area contributed by atoms with Gasteiger partial charge in [-0.05, 0) is 31.4 Å². The fourth-order valence-corrected chi connectivity index (χ4v) is 2.39. The number of hydrogen-bond donors (Lipinski definition) is 3. The van der Waals surface area contributed by atoms with Crippen LogP contribution in [0.1, 0.15) is 27.9 Å². The third kappa shape index (κ3) is 7.24. The zero-order chi connectivity index (χ0) is 23.7. The van der Waals surface area contributed by atoms with Crippen molar-refractivity contribution >= 4 is 28.9 Å². The fraction of sp³-hybridized carbons (Fsp3) is 0.200. The molecule has 11 nitrogen and oxygen atoms in total. The summed E-state index contributed by atoms with van der Waals surface area (Å²) in [4.78, 5) is 42.5. The molecule has 4 N–H and O–H groups in total. The normalized spacial score (nSPS) is 10.8. The number of benzene rings is 2. The molecule has 0 aliphatic heterocycles. The second-order valence-electron chi connectivity index (χ2n) is 6.45. The van der Waals surface area contributed by atoms with E-state index in [2.05, 4.69) is 11.9 Å². The minimum Gasteiger partial charge on any atom is -0.480 e. The number of nitro groups is 2. The van der Waals surface area contributed by atoms with Crippen LogP contribution in [-0.4, -0.2) is 32.9 Å². The van der Waals surface area contributed by atoms with E-state index in [1.165, 1.54) is 6.08 Å². The molecule has 2 rings (SSSR count). The Labute approximate surface area is 177 Å². The first-order chi connectivity index (χ1) is 14.5. The SMILES string of the molecule is C=CC[C@H](NC(=O)c1cc([N+](=O)[O-])cc([N+](=O)[O-])c1)C(=O)O.Cc1cccc(C)c1N. The van der Waals surface area contributed by atoms with E-state index in [0.29, 0.717) is 6.07 Å². The van der Waals surface area contributed by atoms with Gasteiger partial charge in [-0.1, -0.05) is 24.3 Å². The first kappa shape index (κ1) is 24.8. The molecule has 2 aromatic carbocycles. The third-order valence-electron chi connectivity index (χ3n) is 4.13. The first-order valence-electron chi connectivity index (χ1n) is 8.88. The maximum Gasteiger partial charge on any atom is 0.326 e. The number of nitrogen functional groups attached to an aromatic ring is 1. The number of nitrogens with one attached hydrogen (secondary N) is 1. The van der Waals surface area contributed by atoms with Crippen molar-refractivity contribution in [2.24, 2.45) is 0 Å². The second kappa shape index (κ2) is 11.0. The van der Waals surface area contributed by atoms with E-state index in [0.717, 1.165) is 28.9 Å². The van der Waals surface area contributed by atoms with Gasteiger partial charge in [-0.15, -0.1) is 6.58 Å². The molecule has 0 bridgehead atoms. The minimum absolute atomic E-state index is 0.0713. The van der Waals surface area contributed by atoms with Gasteiger partial charge in [-0.25, -0.2) is 4.79 Å². The number of nitro benzene ring substituents is 2. The molecule has 1 atom stereocenters. The van der Waals surface area contributed by atoms with Gasteiger partial charge in [0.2, 0.25) is 0 Å². The molecule has 0 aliphatic carbocycles. The Morgan fingerprint density at radius 1 is 1.13 bits per heavy atom. The number of rotatable bonds is 7. The number of nitrogens with zero attached hydrogens (tertiary/aromatic N) is 2. The van der Waals surface area contributed by atoms with Gasteiger partial charge in [0, 0.05) is 17.8 Å². The number of aryl methyl sites for hydroxylation is 2. The van der Waals surface area contributed by atoms with E-state index < -0.39 is 39.1 Å². The lowest BCUT2D eigenvalue weighted by Crippen LogP contribution is -2.40. The number of non-ortho nitro benzene ring substituents is 2. The standard InChI is InChI=1S/C12H11N3O7.C8H11N/c1-2-3-10(12(17)18)13-11(16)7-4-8(14(19)20)6-9(5-7)15(21)22;1-6-4-3-5-7(2)8(6)9/h2,4-6,10H,1,3H2,(H,13,16)(H,17,18);3-5H,9H2,1-2H3/t10-;/m0./s1. The zero-order valence-corrected chi connectivity index (χ0v) is 16.9. The highest BCUT2D eigenvalue weighted by atomic mass is 16.6. The number of hydrogen-bond acceptors (Lipinski definition) is 7. The summed E-state index contributed by atoms with van der Waals surface area (Å²) in [5.41, 5.74) is 7.25. The Hall–Kier alpha value is -4.28. The summed E-state index contributed by atoms with van der Waals surface area (Å²) in [6.07, 6.45) is 1.20. The highest BCUT2D eigenvalue weighted by Crippen LogP contribution is 2.22. The Morgan fingerprint density at radius 2 is 1.61 bits per heavy atom. The van der Waals surface area contributed by atoms with E-state index in [-0.39, 0.29) is 12.0 Å². The zero-order valence-electron chi connectivity index (χ0n) is 16.9. The van der Waals surface area contributed by atoms with Gasteiger partial charge in [0.25, 0.3) is 17.3 Å². The largest absolute Gasteiger partial charge is 0.480 e. The predicted octanol–water partition coefficient (Wildman–Crippen LogP) is 3.15. The molecule has 0 saturated carbocycles. The van der Waals surface area contributed by atoms with Crippen molar-refractivity contribution in [1.29, 1.82) is 0 Å². The number of carboxylic acid groups (broad SMARTS) is 1. The molecular formula is C20H22N4O7. The van der Waals surface area contributed by atoms with Crippen LogP contribution in [-0.2, 0) is 4.79 Å². The summed E-state index contributed by atoms with van der Waals surface area (Å²) in [7, 11) is 0. The average Bonchev–Trinajstić information content (AvgIpc) is 2.71. The second-order valence-corrected chi connectivity index (χ2v) is 6.45. The Bertz CT molecular complexity index is 968. The van der Waals surface area contributed by atoms with E-state index in [9.17, 15) is 29.8 Å². The number of aliphatic carboxylic acids is 1. The summed E-state index contributed by atoms with van der Waals surface area (Å²) in [6, 6.07) is 7.12. The van der Waals surface area contributed by atoms with Crippen molar-refractivity contribution in [3.05, 3.63) is 86.0 Å². The third-order valence-corrected chi connectivity index (χ3v) is 4.13. The molecule has 0 heterocycles. The smallest absolute Gasteiger partial charge is 0.326 e. The quantitative estimate of drug-likeness (QED) is 0.259. The summed E-state index contributed by atoms with van der Waals surface area (Å²) in [5, 5.41) is 32.5. The van der Waals surface area contributed by atoms with Crippen molar-refractivity contribution in [3.8, 4) is 0 Å². The van der Waals surface area contributed by atoms with Crippen LogP contribution in [0, 0.1) is 34.1 Å². The summed E-state index contributed by atoms with van der Waals surface area (Å²) in [6.45, 7) is 7.38. The molecule has 0 aliphatic rings. The van der Waals surface area contributed by atoms with Crippen LogP contribution >= 0.6 is 0 Å². The van der Waals surface area contributed by atoms with Crippen LogP contribution in [0.4, 0.5) is 17.1 Å². The molecule has 0 radical (unpaired) electrons. The molecular weight excluding hydrogens is 408 g/mol. The Morgan fingerprint density at radius 3 is 1.97 bits per heavy atom. The van der Waals surface area contributed by atoms with Gasteiger partial charge >= 0.3 is 5.97 Å². The van der Waals surface area contributed by atoms with Gasteiger partial charge in [0.1, 0.15) is 6.04 Å².